The van der Waals surface area contributed by atoms with Crippen molar-refractivity contribution in [2.75, 3.05) is 30.5 Å². The molecule has 0 bridgehead atoms. The number of para-hydroxylation sites is 1. The second-order valence-electron chi connectivity index (χ2n) is 7.66. The zero-order valence-corrected chi connectivity index (χ0v) is 18.7. The maximum absolute atomic E-state index is 13.5. The number of halogens is 2. The van der Waals surface area contributed by atoms with Crippen LogP contribution in [0.4, 0.5) is 14.5 Å². The number of hydrogen-bond acceptors (Lipinski definition) is 7. The fourth-order valence-corrected chi connectivity index (χ4v) is 5.35. The first-order chi connectivity index (χ1) is 16.4. The minimum Gasteiger partial charge on any atom is -0.415 e. The first-order valence-corrected chi connectivity index (χ1v) is 11.9. The number of rotatable bonds is 7. The number of alkyl halides is 2. The minimum atomic E-state index is -3.80. The van der Waals surface area contributed by atoms with Crippen LogP contribution in [0.3, 0.4) is 0 Å². The van der Waals surface area contributed by atoms with E-state index in [1.165, 1.54) is 8.61 Å². The molecular formula is C21H21F2N7O3S. The van der Waals surface area contributed by atoms with Gasteiger partial charge in [0.25, 0.3) is 5.89 Å². The van der Waals surface area contributed by atoms with Gasteiger partial charge in [0.1, 0.15) is 5.65 Å². The smallest absolute Gasteiger partial charge is 0.314 e. The summed E-state index contributed by atoms with van der Waals surface area (Å²) in [5.41, 5.74) is 1.96. The first kappa shape index (κ1) is 22.4. The average Bonchev–Trinajstić information content (AvgIpc) is 3.50. The van der Waals surface area contributed by atoms with Gasteiger partial charge in [-0.1, -0.05) is 18.2 Å². The summed E-state index contributed by atoms with van der Waals surface area (Å²) in [6.07, 6.45) is 0.538. The molecule has 0 radical (unpaired) electrons. The largest absolute Gasteiger partial charge is 0.415 e. The Bertz CT molecular complexity index is 1390. The van der Waals surface area contributed by atoms with Gasteiger partial charge in [0.15, 0.2) is 0 Å². The number of nitrogens with zero attached hydrogens (tertiary/aromatic N) is 6. The van der Waals surface area contributed by atoms with Crippen LogP contribution in [0.25, 0.3) is 17.1 Å². The monoisotopic (exact) mass is 489 g/mol. The van der Waals surface area contributed by atoms with Gasteiger partial charge < -0.3 is 14.1 Å². The van der Waals surface area contributed by atoms with Gasteiger partial charge >= 0.3 is 16.6 Å². The van der Waals surface area contributed by atoms with Gasteiger partial charge in [0.2, 0.25) is 5.89 Å². The molecule has 0 unspecified atom stereocenters. The molecule has 4 aromatic rings. The molecule has 0 spiro atoms. The van der Waals surface area contributed by atoms with Gasteiger partial charge in [-0.2, -0.15) is 21.5 Å². The predicted molar refractivity (Wildman–Crippen MR) is 119 cm³/mol. The lowest BCUT2D eigenvalue weighted by atomic mass is 10.2. The average molecular weight is 490 g/mol. The topological polar surface area (TPSA) is 109 Å². The van der Waals surface area contributed by atoms with E-state index in [1.807, 2.05) is 6.07 Å². The van der Waals surface area contributed by atoms with Crippen molar-refractivity contribution in [1.82, 2.24) is 29.2 Å². The molecule has 5 rings (SSSR count). The molecule has 0 aliphatic carbocycles. The molecule has 13 heteroatoms. The Morgan fingerprint density at radius 2 is 1.88 bits per heavy atom. The molecule has 1 fully saturated rings. The van der Waals surface area contributed by atoms with Crippen LogP contribution >= 0.6 is 0 Å². The molecule has 3 aromatic heterocycles. The number of imidazole rings is 1. The fraction of sp³-hybridized carbons (Fsp3) is 0.286. The zero-order valence-electron chi connectivity index (χ0n) is 17.9. The molecule has 1 aromatic carbocycles. The van der Waals surface area contributed by atoms with Crippen molar-refractivity contribution in [3.8, 4) is 11.5 Å². The molecule has 4 heterocycles. The van der Waals surface area contributed by atoms with Crippen LogP contribution in [-0.2, 0) is 16.8 Å². The standard InChI is InChI=1S/C21H21F2N7O3S/c22-19(23)21-27-26-20(33-21)15-6-9-28-13-16(25-18(28)12-15)14-30(17-4-2-1-3-5-17)34(31,32)29-10-7-24-8-11-29/h1-6,9,12-13,19,24H,7-8,10-11,14H2. The van der Waals surface area contributed by atoms with Crippen LogP contribution in [0.2, 0.25) is 0 Å². The van der Waals surface area contributed by atoms with Crippen LogP contribution in [-0.4, -0.2) is 58.5 Å². The van der Waals surface area contributed by atoms with Gasteiger partial charge in [-0.15, -0.1) is 10.2 Å². The Hall–Kier alpha value is -3.42. The van der Waals surface area contributed by atoms with Crippen LogP contribution in [0.5, 0.6) is 0 Å². The highest BCUT2D eigenvalue weighted by Gasteiger charge is 2.31. The number of fused-ring (bicyclic) bond motifs is 1. The zero-order chi connectivity index (χ0) is 23.7. The summed E-state index contributed by atoms with van der Waals surface area (Å²) in [5.74, 6) is -0.801. The molecule has 1 N–H and O–H groups in total. The number of aromatic nitrogens is 4. The molecule has 0 amide bonds. The normalized spacial score (nSPS) is 15.3. The summed E-state index contributed by atoms with van der Waals surface area (Å²) >= 11 is 0. The highest BCUT2D eigenvalue weighted by Crippen LogP contribution is 2.26. The molecule has 10 nitrogen and oxygen atoms in total. The van der Waals surface area contributed by atoms with Crippen molar-refractivity contribution in [1.29, 1.82) is 0 Å². The maximum Gasteiger partial charge on any atom is 0.314 e. The van der Waals surface area contributed by atoms with E-state index in [9.17, 15) is 17.2 Å². The minimum absolute atomic E-state index is 0.0172. The van der Waals surface area contributed by atoms with Gasteiger partial charge in [-0.25, -0.2) is 4.98 Å². The van der Waals surface area contributed by atoms with Gasteiger partial charge in [0.05, 0.1) is 17.9 Å². The molecule has 178 valence electrons. The summed E-state index contributed by atoms with van der Waals surface area (Å²) < 4.78 is 62.1. The summed E-state index contributed by atoms with van der Waals surface area (Å²) in [6, 6.07) is 12.1. The van der Waals surface area contributed by atoms with E-state index in [1.54, 1.807) is 53.2 Å². The van der Waals surface area contributed by atoms with Crippen LogP contribution < -0.4 is 9.62 Å². The van der Waals surface area contributed by atoms with Crippen molar-refractivity contribution >= 4 is 21.5 Å². The second kappa shape index (κ2) is 9.08. The third kappa shape index (κ3) is 4.36. The van der Waals surface area contributed by atoms with E-state index < -0.39 is 22.5 Å². The second-order valence-corrected chi connectivity index (χ2v) is 9.51. The lowest BCUT2D eigenvalue weighted by Crippen LogP contribution is -2.51. The van der Waals surface area contributed by atoms with E-state index in [0.29, 0.717) is 48.8 Å². The van der Waals surface area contributed by atoms with E-state index >= 15 is 0 Å². The van der Waals surface area contributed by atoms with Crippen LogP contribution in [0, 0.1) is 0 Å². The fourth-order valence-electron chi connectivity index (χ4n) is 3.74. The third-order valence-corrected chi connectivity index (χ3v) is 7.33. The Labute approximate surface area is 194 Å². The third-order valence-electron chi connectivity index (χ3n) is 5.41. The lowest BCUT2D eigenvalue weighted by Gasteiger charge is -2.33. The van der Waals surface area contributed by atoms with Crippen molar-refractivity contribution in [3.63, 3.8) is 0 Å². The van der Waals surface area contributed by atoms with Gasteiger partial charge in [-0.3, -0.25) is 4.31 Å². The van der Waals surface area contributed by atoms with Crippen molar-refractivity contribution in [2.24, 2.45) is 0 Å². The summed E-state index contributed by atoms with van der Waals surface area (Å²) in [4.78, 5) is 4.55. The molecule has 1 aliphatic rings. The Balaban J connectivity index is 1.47. The SMILES string of the molecule is O=S(=O)(N1CCNCC1)N(Cc1cn2ccc(-c3nnc(C(F)F)o3)cc2n1)c1ccccc1. The van der Waals surface area contributed by atoms with Crippen LogP contribution in [0.15, 0.2) is 59.3 Å². The van der Waals surface area contributed by atoms with Crippen molar-refractivity contribution in [3.05, 3.63) is 66.4 Å². The Morgan fingerprint density at radius 3 is 2.59 bits per heavy atom. The molecule has 1 saturated heterocycles. The lowest BCUT2D eigenvalue weighted by molar-refractivity contribution is 0.116. The Morgan fingerprint density at radius 1 is 1.12 bits per heavy atom. The highest BCUT2D eigenvalue weighted by molar-refractivity contribution is 7.90. The maximum atomic E-state index is 13.5. The first-order valence-electron chi connectivity index (χ1n) is 10.5. The van der Waals surface area contributed by atoms with E-state index in [4.69, 9.17) is 4.42 Å². The number of benzene rings is 1. The number of hydrogen-bond donors (Lipinski definition) is 1. The molecule has 0 saturated carbocycles. The summed E-state index contributed by atoms with van der Waals surface area (Å²) in [6.45, 7) is 1.95. The van der Waals surface area contributed by atoms with Gasteiger partial charge in [-0.05, 0) is 24.3 Å². The summed E-state index contributed by atoms with van der Waals surface area (Å²) in [5, 5.41) is 10.2. The van der Waals surface area contributed by atoms with Crippen LogP contribution in [0.1, 0.15) is 18.0 Å². The quantitative estimate of drug-likeness (QED) is 0.425. The predicted octanol–water partition coefficient (Wildman–Crippen LogP) is 2.48. The highest BCUT2D eigenvalue weighted by atomic mass is 32.2. The summed E-state index contributed by atoms with van der Waals surface area (Å²) in [7, 11) is -3.80. The molecule has 0 atom stereocenters. The number of nitrogens with one attached hydrogen (secondary N) is 1. The van der Waals surface area contributed by atoms with Crippen molar-refractivity contribution < 1.29 is 21.6 Å². The number of anilines is 1. The van der Waals surface area contributed by atoms with Crippen molar-refractivity contribution in [2.45, 2.75) is 13.0 Å². The number of pyridine rings is 1. The van der Waals surface area contributed by atoms with E-state index in [2.05, 4.69) is 20.5 Å². The van der Waals surface area contributed by atoms with E-state index in [0.717, 1.165) is 0 Å². The van der Waals surface area contributed by atoms with E-state index in [-0.39, 0.29) is 12.4 Å². The van der Waals surface area contributed by atoms with Gasteiger partial charge in [0, 0.05) is 44.1 Å². The number of piperazine rings is 1. The molecule has 34 heavy (non-hydrogen) atoms. The molecular weight excluding hydrogens is 468 g/mol. The Kier molecular flexibility index (Phi) is 5.98. The molecule has 1 aliphatic heterocycles.